The molecule has 0 radical (unpaired) electrons. The number of hydrogen-bond acceptors (Lipinski definition) is 4. The monoisotopic (exact) mass is 300 g/mol. The zero-order valence-electron chi connectivity index (χ0n) is 11.7. The molecule has 1 aromatic heterocycles. The number of nitrogens with one attached hydrogen (secondary N) is 1. The summed E-state index contributed by atoms with van der Waals surface area (Å²) >= 11 is 0. The van der Waals surface area contributed by atoms with Crippen LogP contribution in [0.1, 0.15) is 31.4 Å². The number of alkyl halides is 3. The van der Waals surface area contributed by atoms with E-state index >= 15 is 0 Å². The highest BCUT2D eigenvalue weighted by Gasteiger charge is 2.33. The number of nitrogens with zero attached hydrogens (tertiary/aromatic N) is 3. The van der Waals surface area contributed by atoms with Gasteiger partial charge in [0.25, 0.3) is 0 Å². The Morgan fingerprint density at radius 2 is 2.10 bits per heavy atom. The molecule has 1 aromatic rings. The molecule has 1 N–H and O–H groups in total. The maximum Gasteiger partial charge on any atom is 0.433 e. The highest BCUT2D eigenvalue weighted by atomic mass is 19.4. The van der Waals surface area contributed by atoms with E-state index in [0.717, 1.165) is 38.5 Å². The van der Waals surface area contributed by atoms with Gasteiger partial charge >= 0.3 is 6.18 Å². The average Bonchev–Trinajstić information content (AvgIpc) is 3.29. The summed E-state index contributed by atoms with van der Waals surface area (Å²) in [6, 6.07) is 1.57. The van der Waals surface area contributed by atoms with Gasteiger partial charge in [0.05, 0.1) is 0 Å². The van der Waals surface area contributed by atoms with Crippen LogP contribution in [0.4, 0.5) is 19.1 Å². The molecule has 2 aliphatic rings. The molecule has 1 atom stereocenters. The topological polar surface area (TPSA) is 41.1 Å². The molecule has 1 saturated heterocycles. The minimum atomic E-state index is -4.42. The average molecular weight is 300 g/mol. The van der Waals surface area contributed by atoms with Crippen LogP contribution in [0.25, 0.3) is 0 Å². The fraction of sp³-hybridized carbons (Fsp3) is 0.714. The van der Waals surface area contributed by atoms with Crippen molar-refractivity contribution in [3.05, 3.63) is 18.0 Å². The molecule has 4 nitrogen and oxygen atoms in total. The molecule has 2 fully saturated rings. The fourth-order valence-electron chi connectivity index (χ4n) is 2.69. The Kier molecular flexibility index (Phi) is 4.01. The zero-order valence-corrected chi connectivity index (χ0v) is 11.7. The standard InChI is InChI=1S/C14H19F3N4/c15-14(16,17)12-5-6-18-13(20-12)21-7-1-2-10(9-21)8-19-11-3-4-11/h5-6,10-11,19H,1-4,7-9H2. The lowest BCUT2D eigenvalue weighted by Gasteiger charge is -2.33. The van der Waals surface area contributed by atoms with Crippen LogP contribution < -0.4 is 10.2 Å². The van der Waals surface area contributed by atoms with E-state index in [1.807, 2.05) is 4.90 Å². The maximum atomic E-state index is 12.7. The van der Waals surface area contributed by atoms with Crippen molar-refractivity contribution in [2.45, 2.75) is 37.9 Å². The van der Waals surface area contributed by atoms with E-state index in [4.69, 9.17) is 0 Å². The first-order chi connectivity index (χ1) is 10.0. The molecular weight excluding hydrogens is 281 g/mol. The number of aromatic nitrogens is 2. The number of hydrogen-bond donors (Lipinski definition) is 1. The van der Waals surface area contributed by atoms with Gasteiger partial charge in [-0.15, -0.1) is 0 Å². The van der Waals surface area contributed by atoms with Gasteiger partial charge in [0.15, 0.2) is 0 Å². The van der Waals surface area contributed by atoms with Crippen LogP contribution in [0.15, 0.2) is 12.3 Å². The third-order valence-electron chi connectivity index (χ3n) is 4.01. The minimum Gasteiger partial charge on any atom is -0.340 e. The van der Waals surface area contributed by atoms with Gasteiger partial charge in [-0.05, 0) is 44.2 Å². The Hall–Kier alpha value is -1.37. The fourth-order valence-corrected chi connectivity index (χ4v) is 2.69. The van der Waals surface area contributed by atoms with E-state index in [9.17, 15) is 13.2 Å². The van der Waals surface area contributed by atoms with Gasteiger partial charge < -0.3 is 10.2 Å². The van der Waals surface area contributed by atoms with Crippen LogP contribution >= 0.6 is 0 Å². The van der Waals surface area contributed by atoms with Gasteiger partial charge in [0, 0.05) is 25.3 Å². The molecular formula is C14H19F3N4. The Balaban J connectivity index is 1.64. The predicted octanol–water partition coefficient (Wildman–Crippen LogP) is 2.46. The summed E-state index contributed by atoms with van der Waals surface area (Å²) in [5, 5.41) is 3.49. The Morgan fingerprint density at radius 1 is 1.29 bits per heavy atom. The van der Waals surface area contributed by atoms with Gasteiger partial charge in [0.1, 0.15) is 5.69 Å². The lowest BCUT2D eigenvalue weighted by Crippen LogP contribution is -2.41. The van der Waals surface area contributed by atoms with E-state index < -0.39 is 11.9 Å². The summed E-state index contributed by atoms with van der Waals surface area (Å²) in [4.78, 5) is 9.57. The van der Waals surface area contributed by atoms with Crippen LogP contribution in [0, 0.1) is 5.92 Å². The number of anilines is 1. The molecule has 1 aliphatic carbocycles. The molecule has 2 heterocycles. The summed E-state index contributed by atoms with van der Waals surface area (Å²) < 4.78 is 38.1. The molecule has 21 heavy (non-hydrogen) atoms. The van der Waals surface area contributed by atoms with Crippen molar-refractivity contribution >= 4 is 5.95 Å². The quantitative estimate of drug-likeness (QED) is 0.927. The predicted molar refractivity (Wildman–Crippen MR) is 73.0 cm³/mol. The lowest BCUT2D eigenvalue weighted by molar-refractivity contribution is -0.141. The highest BCUT2D eigenvalue weighted by Crippen LogP contribution is 2.29. The van der Waals surface area contributed by atoms with Crippen molar-refractivity contribution in [2.75, 3.05) is 24.5 Å². The molecule has 1 aliphatic heterocycles. The first-order valence-electron chi connectivity index (χ1n) is 7.41. The summed E-state index contributed by atoms with van der Waals surface area (Å²) in [5.41, 5.74) is -0.870. The van der Waals surface area contributed by atoms with Crippen LogP contribution in [0.5, 0.6) is 0 Å². The summed E-state index contributed by atoms with van der Waals surface area (Å²) in [6.45, 7) is 2.38. The Labute approximate surface area is 121 Å². The molecule has 1 saturated carbocycles. The van der Waals surface area contributed by atoms with Gasteiger partial charge in [-0.25, -0.2) is 9.97 Å². The van der Waals surface area contributed by atoms with Crippen LogP contribution in [0.3, 0.4) is 0 Å². The van der Waals surface area contributed by atoms with Crippen molar-refractivity contribution < 1.29 is 13.2 Å². The minimum absolute atomic E-state index is 0.195. The molecule has 7 heteroatoms. The molecule has 0 amide bonds. The van der Waals surface area contributed by atoms with Gasteiger partial charge in [-0.1, -0.05) is 0 Å². The molecule has 0 bridgehead atoms. The first kappa shape index (κ1) is 14.6. The number of rotatable bonds is 4. The van der Waals surface area contributed by atoms with Crippen LogP contribution in [0.2, 0.25) is 0 Å². The van der Waals surface area contributed by atoms with E-state index in [-0.39, 0.29) is 5.95 Å². The lowest BCUT2D eigenvalue weighted by atomic mass is 9.98. The largest absolute Gasteiger partial charge is 0.433 e. The van der Waals surface area contributed by atoms with Gasteiger partial charge in [-0.2, -0.15) is 13.2 Å². The maximum absolute atomic E-state index is 12.7. The first-order valence-corrected chi connectivity index (χ1v) is 7.41. The molecule has 1 unspecified atom stereocenters. The molecule has 0 spiro atoms. The summed E-state index contributed by atoms with van der Waals surface area (Å²) in [6.07, 6.45) is 1.34. The molecule has 116 valence electrons. The van der Waals surface area contributed by atoms with Crippen molar-refractivity contribution in [3.8, 4) is 0 Å². The Bertz CT molecular complexity index is 487. The second-order valence-electron chi connectivity index (χ2n) is 5.88. The van der Waals surface area contributed by atoms with Crippen LogP contribution in [-0.4, -0.2) is 35.6 Å². The van der Waals surface area contributed by atoms with E-state index in [0.29, 0.717) is 12.0 Å². The van der Waals surface area contributed by atoms with Crippen molar-refractivity contribution in [1.29, 1.82) is 0 Å². The normalized spacial score (nSPS) is 23.4. The second-order valence-corrected chi connectivity index (χ2v) is 5.88. The van der Waals surface area contributed by atoms with E-state index in [1.54, 1.807) is 0 Å². The van der Waals surface area contributed by atoms with Crippen molar-refractivity contribution in [1.82, 2.24) is 15.3 Å². The summed E-state index contributed by atoms with van der Waals surface area (Å²) in [5.74, 6) is 0.651. The van der Waals surface area contributed by atoms with E-state index in [2.05, 4.69) is 15.3 Å². The van der Waals surface area contributed by atoms with Crippen LogP contribution in [-0.2, 0) is 6.18 Å². The molecule has 0 aromatic carbocycles. The number of piperidine rings is 1. The SMILES string of the molecule is FC(F)(F)c1ccnc(N2CCCC(CNC3CC3)C2)n1. The second kappa shape index (κ2) is 5.79. The molecule has 3 rings (SSSR count). The van der Waals surface area contributed by atoms with Gasteiger partial charge in [-0.3, -0.25) is 0 Å². The van der Waals surface area contributed by atoms with Crippen molar-refractivity contribution in [3.63, 3.8) is 0 Å². The Morgan fingerprint density at radius 3 is 2.81 bits per heavy atom. The summed E-state index contributed by atoms with van der Waals surface area (Å²) in [7, 11) is 0. The smallest absolute Gasteiger partial charge is 0.340 e. The highest BCUT2D eigenvalue weighted by molar-refractivity contribution is 5.31. The van der Waals surface area contributed by atoms with E-state index in [1.165, 1.54) is 19.0 Å². The van der Waals surface area contributed by atoms with Gasteiger partial charge in [0.2, 0.25) is 5.95 Å². The third-order valence-corrected chi connectivity index (χ3v) is 4.01. The third kappa shape index (κ3) is 3.84. The van der Waals surface area contributed by atoms with Crippen molar-refractivity contribution in [2.24, 2.45) is 5.92 Å². The zero-order chi connectivity index (χ0) is 14.9. The number of halogens is 3.